The summed E-state index contributed by atoms with van der Waals surface area (Å²) in [6.45, 7) is 5.60. The molecule has 14 heavy (non-hydrogen) atoms. The van der Waals surface area contributed by atoms with Crippen molar-refractivity contribution in [2.75, 3.05) is 0 Å². The molecule has 0 aliphatic heterocycles. The molecule has 0 spiro atoms. The quantitative estimate of drug-likeness (QED) is 0.555. The molecule has 0 aliphatic carbocycles. The fourth-order valence-electron chi connectivity index (χ4n) is 1.07. The van der Waals surface area contributed by atoms with Gasteiger partial charge in [-0.15, -0.1) is 6.58 Å². The summed E-state index contributed by atoms with van der Waals surface area (Å²) in [6, 6.07) is 9.63. The molecule has 0 saturated carbocycles. The van der Waals surface area contributed by atoms with Crippen molar-refractivity contribution in [2.24, 2.45) is 0 Å². The Bertz CT molecular complexity index is 354. The van der Waals surface area contributed by atoms with E-state index in [2.05, 4.69) is 18.4 Å². The lowest BCUT2D eigenvalue weighted by molar-refractivity contribution is 0.233. The summed E-state index contributed by atoms with van der Waals surface area (Å²) in [7, 11) is 0. The van der Waals surface area contributed by atoms with Gasteiger partial charge in [-0.1, -0.05) is 35.6 Å². The van der Waals surface area contributed by atoms with Gasteiger partial charge in [-0.25, -0.2) is 0 Å². The summed E-state index contributed by atoms with van der Waals surface area (Å²) in [4.78, 5) is 0. The normalized spacial score (nSPS) is 11.3. The van der Waals surface area contributed by atoms with E-state index in [1.54, 1.807) is 0 Å². The van der Waals surface area contributed by atoms with Crippen LogP contribution in [0.2, 0.25) is 0 Å². The number of rotatable bonds is 2. The molecule has 1 atom stereocenters. The summed E-state index contributed by atoms with van der Waals surface area (Å²) in [5.74, 6) is 5.68. The van der Waals surface area contributed by atoms with Gasteiger partial charge in [0.1, 0.15) is 6.10 Å². The minimum Gasteiger partial charge on any atom is -0.380 e. The van der Waals surface area contributed by atoms with E-state index in [1.165, 1.54) is 0 Å². The van der Waals surface area contributed by atoms with Crippen molar-refractivity contribution >= 4 is 0 Å². The molecule has 1 heteroatoms. The van der Waals surface area contributed by atoms with Crippen molar-refractivity contribution in [3.63, 3.8) is 0 Å². The van der Waals surface area contributed by atoms with Crippen molar-refractivity contribution < 1.29 is 5.11 Å². The Hall–Kier alpha value is -1.52. The Morgan fingerprint density at radius 2 is 2.07 bits per heavy atom. The van der Waals surface area contributed by atoms with E-state index in [1.807, 2.05) is 37.3 Å². The summed E-state index contributed by atoms with van der Waals surface area (Å²) < 4.78 is 0. The predicted octanol–water partition coefficient (Wildman–Crippen LogP) is 2.37. The van der Waals surface area contributed by atoms with E-state index in [4.69, 9.17) is 0 Å². The molecule has 1 N–H and O–H groups in total. The number of hydrogen-bond acceptors (Lipinski definition) is 1. The average molecular weight is 186 g/mol. The van der Waals surface area contributed by atoms with Gasteiger partial charge < -0.3 is 5.11 Å². The summed E-state index contributed by atoms with van der Waals surface area (Å²) >= 11 is 0. The molecule has 0 radical (unpaired) electrons. The molecule has 1 rings (SSSR count). The van der Waals surface area contributed by atoms with Crippen molar-refractivity contribution in [3.05, 3.63) is 48.0 Å². The van der Waals surface area contributed by atoms with Crippen LogP contribution in [-0.2, 0) is 0 Å². The SMILES string of the molecule is C=C(C)C[C@@H](O)C#Cc1ccccc1. The first-order chi connectivity index (χ1) is 6.68. The summed E-state index contributed by atoms with van der Waals surface area (Å²) in [5, 5.41) is 9.45. The van der Waals surface area contributed by atoms with Crippen LogP contribution < -0.4 is 0 Å². The molecular formula is C13H14O. The average Bonchev–Trinajstić information content (AvgIpc) is 2.15. The maximum atomic E-state index is 9.45. The van der Waals surface area contributed by atoms with Crippen molar-refractivity contribution in [2.45, 2.75) is 19.4 Å². The fourth-order valence-corrected chi connectivity index (χ4v) is 1.07. The van der Waals surface area contributed by atoms with Gasteiger partial charge in [-0.2, -0.15) is 0 Å². The zero-order valence-corrected chi connectivity index (χ0v) is 8.33. The monoisotopic (exact) mass is 186 g/mol. The van der Waals surface area contributed by atoms with Gasteiger partial charge in [0.15, 0.2) is 0 Å². The zero-order valence-electron chi connectivity index (χ0n) is 8.33. The first-order valence-corrected chi connectivity index (χ1v) is 4.57. The second-order valence-corrected chi connectivity index (χ2v) is 3.31. The van der Waals surface area contributed by atoms with Gasteiger partial charge in [0.2, 0.25) is 0 Å². The van der Waals surface area contributed by atoms with E-state index in [-0.39, 0.29) is 0 Å². The topological polar surface area (TPSA) is 20.2 Å². The highest BCUT2D eigenvalue weighted by Crippen LogP contribution is 2.01. The van der Waals surface area contributed by atoms with Gasteiger partial charge in [-0.3, -0.25) is 0 Å². The van der Waals surface area contributed by atoms with Crippen molar-refractivity contribution in [3.8, 4) is 11.8 Å². The lowest BCUT2D eigenvalue weighted by Crippen LogP contribution is -2.02. The van der Waals surface area contributed by atoms with Gasteiger partial charge >= 0.3 is 0 Å². The van der Waals surface area contributed by atoms with Crippen LogP contribution in [0.1, 0.15) is 18.9 Å². The predicted molar refractivity (Wildman–Crippen MR) is 58.8 cm³/mol. The van der Waals surface area contributed by atoms with E-state index < -0.39 is 6.10 Å². The Labute approximate surface area is 85.1 Å². The van der Waals surface area contributed by atoms with Gasteiger partial charge in [0, 0.05) is 12.0 Å². The first-order valence-electron chi connectivity index (χ1n) is 4.57. The summed E-state index contributed by atoms with van der Waals surface area (Å²) in [5.41, 5.74) is 1.87. The third-order valence-electron chi connectivity index (χ3n) is 1.70. The van der Waals surface area contributed by atoms with Gasteiger partial charge in [0.25, 0.3) is 0 Å². The maximum absolute atomic E-state index is 9.45. The number of hydrogen-bond donors (Lipinski definition) is 1. The number of benzene rings is 1. The van der Waals surface area contributed by atoms with Gasteiger partial charge in [0.05, 0.1) is 0 Å². The highest BCUT2D eigenvalue weighted by molar-refractivity contribution is 5.34. The second kappa shape index (κ2) is 5.26. The second-order valence-electron chi connectivity index (χ2n) is 3.31. The third kappa shape index (κ3) is 3.93. The molecule has 0 heterocycles. The molecule has 72 valence electrons. The molecule has 0 amide bonds. The minimum absolute atomic E-state index is 0.542. The van der Waals surface area contributed by atoms with Crippen molar-refractivity contribution in [1.29, 1.82) is 0 Å². The number of aliphatic hydroxyl groups is 1. The molecular weight excluding hydrogens is 172 g/mol. The lowest BCUT2D eigenvalue weighted by atomic mass is 10.1. The molecule has 1 aromatic rings. The molecule has 1 aromatic carbocycles. The minimum atomic E-state index is -0.604. The molecule has 0 fully saturated rings. The fraction of sp³-hybridized carbons (Fsp3) is 0.231. The Morgan fingerprint density at radius 3 is 2.64 bits per heavy atom. The molecule has 1 nitrogen and oxygen atoms in total. The van der Waals surface area contributed by atoms with Crippen LogP contribution in [0.25, 0.3) is 0 Å². The van der Waals surface area contributed by atoms with Crippen LogP contribution in [0.15, 0.2) is 42.5 Å². The maximum Gasteiger partial charge on any atom is 0.118 e. The Kier molecular flexibility index (Phi) is 3.97. The molecule has 0 unspecified atom stereocenters. The van der Waals surface area contributed by atoms with E-state index in [0.29, 0.717) is 6.42 Å². The van der Waals surface area contributed by atoms with Crippen LogP contribution in [0.4, 0.5) is 0 Å². The van der Waals surface area contributed by atoms with Crippen LogP contribution in [-0.4, -0.2) is 11.2 Å². The highest BCUT2D eigenvalue weighted by atomic mass is 16.3. The third-order valence-corrected chi connectivity index (χ3v) is 1.70. The van der Waals surface area contributed by atoms with Gasteiger partial charge in [-0.05, 0) is 19.1 Å². The number of aliphatic hydroxyl groups excluding tert-OH is 1. The van der Waals surface area contributed by atoms with Crippen LogP contribution in [0.3, 0.4) is 0 Å². The Morgan fingerprint density at radius 1 is 1.43 bits per heavy atom. The molecule has 0 aliphatic rings. The molecule has 0 saturated heterocycles. The molecule has 0 bridgehead atoms. The van der Waals surface area contributed by atoms with E-state index >= 15 is 0 Å². The first kappa shape index (κ1) is 10.6. The van der Waals surface area contributed by atoms with E-state index in [0.717, 1.165) is 11.1 Å². The molecule has 0 aromatic heterocycles. The van der Waals surface area contributed by atoms with E-state index in [9.17, 15) is 5.11 Å². The van der Waals surface area contributed by atoms with Crippen molar-refractivity contribution in [1.82, 2.24) is 0 Å². The lowest BCUT2D eigenvalue weighted by Gasteiger charge is -2.00. The van der Waals surface area contributed by atoms with Crippen LogP contribution in [0, 0.1) is 11.8 Å². The highest BCUT2D eigenvalue weighted by Gasteiger charge is 1.97. The van der Waals surface area contributed by atoms with Crippen LogP contribution in [0.5, 0.6) is 0 Å². The smallest absolute Gasteiger partial charge is 0.118 e. The standard InChI is InChI=1S/C13H14O/c1-11(2)10-13(14)9-8-12-6-4-3-5-7-12/h3-7,13-14H,1,10H2,2H3/t13-/m0/s1. The largest absolute Gasteiger partial charge is 0.380 e. The zero-order chi connectivity index (χ0) is 10.4. The van der Waals surface area contributed by atoms with Crippen LogP contribution >= 0.6 is 0 Å². The summed E-state index contributed by atoms with van der Waals surface area (Å²) in [6.07, 6.45) is -0.0625. The Balaban J connectivity index is 2.60.